The number of nitrogens with one attached hydrogen (secondary N) is 1. The summed E-state index contributed by atoms with van der Waals surface area (Å²) in [5.74, 6) is 0. The molecule has 1 atom stereocenters. The Morgan fingerprint density at radius 3 is 2.68 bits per heavy atom. The monoisotopic (exact) mass is 263 g/mol. The Bertz CT molecular complexity index is 488. The van der Waals surface area contributed by atoms with Gasteiger partial charge in [0, 0.05) is 18.7 Å². The number of hydrogen-bond donors (Lipinski definition) is 1. The molecule has 0 aliphatic carbocycles. The van der Waals surface area contributed by atoms with Crippen LogP contribution in [0.2, 0.25) is 0 Å². The number of piperidine rings is 1. The maximum Gasteiger partial charge on any atom is 0.292 e. The minimum Gasteiger partial charge on any atom is -0.375 e. The van der Waals surface area contributed by atoms with Crippen molar-refractivity contribution in [2.45, 2.75) is 32.7 Å². The van der Waals surface area contributed by atoms with Crippen LogP contribution in [0.4, 0.5) is 11.4 Å². The molecule has 1 fully saturated rings. The molecule has 0 saturated carbocycles. The van der Waals surface area contributed by atoms with E-state index in [0.717, 1.165) is 37.1 Å². The molecule has 1 aliphatic rings. The van der Waals surface area contributed by atoms with E-state index in [-0.39, 0.29) is 10.6 Å². The first-order valence-corrected chi connectivity index (χ1v) is 6.68. The molecule has 1 saturated heterocycles. The Morgan fingerprint density at radius 1 is 1.37 bits per heavy atom. The van der Waals surface area contributed by atoms with Gasteiger partial charge in [-0.2, -0.15) is 0 Å². The van der Waals surface area contributed by atoms with Crippen LogP contribution in [0.25, 0.3) is 0 Å². The van der Waals surface area contributed by atoms with Gasteiger partial charge in [0.2, 0.25) is 0 Å². The zero-order valence-corrected chi connectivity index (χ0v) is 11.8. The van der Waals surface area contributed by atoms with Crippen LogP contribution >= 0.6 is 0 Å². The second kappa shape index (κ2) is 5.57. The SMILES string of the molecule is Cc1cc(NC2CCCN(C)C2)c([N+](=O)[O-])cc1C. The van der Waals surface area contributed by atoms with E-state index in [1.165, 1.54) is 0 Å². The Kier molecular flexibility index (Phi) is 4.04. The average molecular weight is 263 g/mol. The predicted molar refractivity (Wildman–Crippen MR) is 76.7 cm³/mol. The standard InChI is InChI=1S/C14H21N3O2/c1-10-7-13(14(17(18)19)8-11(10)2)15-12-5-4-6-16(3)9-12/h7-8,12,15H,4-6,9H2,1-3H3. The van der Waals surface area contributed by atoms with Gasteiger partial charge in [0.05, 0.1) is 4.92 Å². The summed E-state index contributed by atoms with van der Waals surface area (Å²) in [5.41, 5.74) is 2.86. The van der Waals surface area contributed by atoms with Crippen LogP contribution in [0.15, 0.2) is 12.1 Å². The lowest BCUT2D eigenvalue weighted by molar-refractivity contribution is -0.384. The summed E-state index contributed by atoms with van der Waals surface area (Å²) in [4.78, 5) is 13.1. The molecule has 1 unspecified atom stereocenters. The quantitative estimate of drug-likeness (QED) is 0.673. The Labute approximate surface area is 113 Å². The van der Waals surface area contributed by atoms with E-state index in [2.05, 4.69) is 17.3 Å². The molecule has 1 aliphatic heterocycles. The molecule has 2 rings (SSSR count). The predicted octanol–water partition coefficient (Wildman–Crippen LogP) is 2.72. The van der Waals surface area contributed by atoms with Gasteiger partial charge in [-0.1, -0.05) is 0 Å². The summed E-state index contributed by atoms with van der Waals surface area (Å²) >= 11 is 0. The largest absolute Gasteiger partial charge is 0.375 e. The number of likely N-dealkylation sites (N-methyl/N-ethyl adjacent to an activating group) is 1. The third-order valence-electron chi connectivity index (χ3n) is 3.79. The van der Waals surface area contributed by atoms with Crippen LogP contribution in [-0.2, 0) is 0 Å². The maximum atomic E-state index is 11.1. The summed E-state index contributed by atoms with van der Waals surface area (Å²) in [6.07, 6.45) is 2.20. The number of anilines is 1. The van der Waals surface area contributed by atoms with Crippen molar-refractivity contribution in [3.63, 3.8) is 0 Å². The normalized spacial score (nSPS) is 20.3. The molecule has 5 nitrogen and oxygen atoms in total. The summed E-state index contributed by atoms with van der Waals surface area (Å²) < 4.78 is 0. The summed E-state index contributed by atoms with van der Waals surface area (Å²) in [6, 6.07) is 3.84. The van der Waals surface area contributed by atoms with Crippen molar-refractivity contribution >= 4 is 11.4 Å². The fourth-order valence-corrected chi connectivity index (χ4v) is 2.57. The number of nitro benzene ring substituents is 1. The Balaban J connectivity index is 2.23. The minimum absolute atomic E-state index is 0.177. The molecular formula is C14H21N3O2. The van der Waals surface area contributed by atoms with Crippen LogP contribution in [0.1, 0.15) is 24.0 Å². The highest BCUT2D eigenvalue weighted by atomic mass is 16.6. The van der Waals surface area contributed by atoms with Crippen LogP contribution in [0.3, 0.4) is 0 Å². The van der Waals surface area contributed by atoms with Gasteiger partial charge < -0.3 is 10.2 Å². The average Bonchev–Trinajstić information content (AvgIpc) is 2.33. The maximum absolute atomic E-state index is 11.1. The van der Waals surface area contributed by atoms with Crippen molar-refractivity contribution in [3.8, 4) is 0 Å². The van der Waals surface area contributed by atoms with E-state index >= 15 is 0 Å². The van der Waals surface area contributed by atoms with E-state index < -0.39 is 0 Å². The molecular weight excluding hydrogens is 242 g/mol. The molecule has 0 aromatic heterocycles. The van der Waals surface area contributed by atoms with E-state index in [1.807, 2.05) is 19.9 Å². The summed E-state index contributed by atoms with van der Waals surface area (Å²) in [7, 11) is 2.09. The molecule has 0 spiro atoms. The molecule has 1 aromatic rings. The number of benzene rings is 1. The molecule has 104 valence electrons. The Hall–Kier alpha value is -1.62. The van der Waals surface area contributed by atoms with E-state index in [4.69, 9.17) is 0 Å². The first-order valence-electron chi connectivity index (χ1n) is 6.68. The first-order chi connectivity index (χ1) is 8.97. The van der Waals surface area contributed by atoms with Crippen molar-refractivity contribution in [2.75, 3.05) is 25.5 Å². The molecule has 1 aromatic carbocycles. The van der Waals surface area contributed by atoms with Crippen LogP contribution < -0.4 is 5.32 Å². The van der Waals surface area contributed by atoms with E-state index in [9.17, 15) is 10.1 Å². The van der Waals surface area contributed by atoms with Gasteiger partial charge in [-0.15, -0.1) is 0 Å². The zero-order valence-electron chi connectivity index (χ0n) is 11.8. The molecule has 5 heteroatoms. The number of hydrogen-bond acceptors (Lipinski definition) is 4. The van der Waals surface area contributed by atoms with Gasteiger partial charge in [0.15, 0.2) is 0 Å². The highest BCUT2D eigenvalue weighted by molar-refractivity contribution is 5.65. The van der Waals surface area contributed by atoms with Gasteiger partial charge in [-0.3, -0.25) is 10.1 Å². The van der Waals surface area contributed by atoms with Gasteiger partial charge in [0.25, 0.3) is 5.69 Å². The summed E-state index contributed by atoms with van der Waals surface area (Å²) in [6.45, 7) is 5.93. The van der Waals surface area contributed by atoms with Crippen LogP contribution in [0.5, 0.6) is 0 Å². The van der Waals surface area contributed by atoms with Crippen molar-refractivity contribution < 1.29 is 4.92 Å². The molecule has 1 N–H and O–H groups in total. The lowest BCUT2D eigenvalue weighted by Gasteiger charge is -2.30. The smallest absolute Gasteiger partial charge is 0.292 e. The van der Waals surface area contributed by atoms with E-state index in [1.54, 1.807) is 6.07 Å². The highest BCUT2D eigenvalue weighted by Gasteiger charge is 2.21. The number of likely N-dealkylation sites (tertiary alicyclic amines) is 1. The minimum atomic E-state index is -0.304. The number of nitrogens with zero attached hydrogens (tertiary/aromatic N) is 2. The molecule has 0 radical (unpaired) electrons. The second-order valence-electron chi connectivity index (χ2n) is 5.46. The van der Waals surface area contributed by atoms with Crippen molar-refractivity contribution in [2.24, 2.45) is 0 Å². The molecule has 0 bridgehead atoms. The van der Waals surface area contributed by atoms with Crippen molar-refractivity contribution in [1.29, 1.82) is 0 Å². The molecule has 0 amide bonds. The number of nitro groups is 1. The fraction of sp³-hybridized carbons (Fsp3) is 0.571. The number of rotatable bonds is 3. The molecule has 1 heterocycles. The summed E-state index contributed by atoms with van der Waals surface area (Å²) in [5, 5.41) is 14.5. The lowest BCUT2D eigenvalue weighted by atomic mass is 10.0. The Morgan fingerprint density at radius 2 is 2.05 bits per heavy atom. The second-order valence-corrected chi connectivity index (χ2v) is 5.46. The highest BCUT2D eigenvalue weighted by Crippen LogP contribution is 2.29. The van der Waals surface area contributed by atoms with Crippen LogP contribution in [-0.4, -0.2) is 36.0 Å². The van der Waals surface area contributed by atoms with Gasteiger partial charge in [-0.05, 0) is 57.5 Å². The third-order valence-corrected chi connectivity index (χ3v) is 3.79. The topological polar surface area (TPSA) is 58.4 Å². The van der Waals surface area contributed by atoms with E-state index in [0.29, 0.717) is 11.7 Å². The van der Waals surface area contributed by atoms with Crippen molar-refractivity contribution in [1.82, 2.24) is 4.90 Å². The van der Waals surface area contributed by atoms with Gasteiger partial charge in [0.1, 0.15) is 5.69 Å². The lowest BCUT2D eigenvalue weighted by Crippen LogP contribution is -2.39. The number of aryl methyl sites for hydroxylation is 2. The van der Waals surface area contributed by atoms with Crippen molar-refractivity contribution in [3.05, 3.63) is 33.4 Å². The fourth-order valence-electron chi connectivity index (χ4n) is 2.57. The zero-order chi connectivity index (χ0) is 14.0. The molecule has 19 heavy (non-hydrogen) atoms. The first kappa shape index (κ1) is 13.8. The van der Waals surface area contributed by atoms with Gasteiger partial charge >= 0.3 is 0 Å². The van der Waals surface area contributed by atoms with Gasteiger partial charge in [-0.25, -0.2) is 0 Å². The van der Waals surface area contributed by atoms with Crippen LogP contribution in [0, 0.1) is 24.0 Å². The third kappa shape index (κ3) is 3.23.